The van der Waals surface area contributed by atoms with E-state index in [1.54, 1.807) is 30.3 Å². The van der Waals surface area contributed by atoms with Crippen molar-refractivity contribution in [2.45, 2.75) is 11.8 Å². The number of rotatable bonds is 1. The predicted octanol–water partition coefficient (Wildman–Crippen LogP) is 2.94. The van der Waals surface area contributed by atoms with E-state index < -0.39 is 33.4 Å². The average molecular weight is 268 g/mol. The van der Waals surface area contributed by atoms with Gasteiger partial charge in [0.05, 0.1) is 0 Å². The first-order valence-corrected chi connectivity index (χ1v) is 5.97. The first-order valence-electron chi connectivity index (χ1n) is 4.79. The number of benzene rings is 1. The first kappa shape index (κ1) is 12.7. The van der Waals surface area contributed by atoms with Crippen molar-refractivity contribution < 1.29 is 26.6 Å². The molecular weight excluding hydrogens is 259 g/mol. The number of hydrogen-bond donors (Lipinski definition) is 0. The Morgan fingerprint density at radius 2 is 1.35 bits per heavy atom. The van der Waals surface area contributed by atoms with Gasteiger partial charge in [0.15, 0.2) is 0 Å². The lowest BCUT2D eigenvalue weighted by Gasteiger charge is -2.21. The Hall–Kier alpha value is -0.710. The predicted molar refractivity (Wildman–Crippen MR) is 54.8 cm³/mol. The van der Waals surface area contributed by atoms with Crippen LogP contribution in [-0.2, 0) is 9.05 Å². The zero-order valence-electron chi connectivity index (χ0n) is 8.58. The molecule has 1 aliphatic heterocycles. The van der Waals surface area contributed by atoms with Crippen LogP contribution >= 0.6 is 8.38 Å². The maximum Gasteiger partial charge on any atom is 0.335 e. The van der Waals surface area contributed by atoms with Gasteiger partial charge < -0.3 is 9.05 Å². The fourth-order valence-corrected chi connectivity index (χ4v) is 2.57. The van der Waals surface area contributed by atoms with E-state index in [0.717, 1.165) is 0 Å². The van der Waals surface area contributed by atoms with Crippen molar-refractivity contribution in [1.29, 1.82) is 0 Å². The zero-order valence-corrected chi connectivity index (χ0v) is 9.47. The maximum atomic E-state index is 13.0. The third kappa shape index (κ3) is 2.59. The lowest BCUT2D eigenvalue weighted by Crippen LogP contribution is -2.45. The highest BCUT2D eigenvalue weighted by Gasteiger charge is 2.59. The van der Waals surface area contributed by atoms with Gasteiger partial charge in [0, 0.05) is 5.30 Å². The first-order chi connectivity index (χ1) is 7.92. The van der Waals surface area contributed by atoms with Crippen LogP contribution in [-0.4, -0.2) is 25.1 Å². The molecule has 0 bridgehead atoms. The summed E-state index contributed by atoms with van der Waals surface area (Å²) in [5.74, 6) is -8.39. The molecule has 0 atom stereocenters. The van der Waals surface area contributed by atoms with E-state index in [1.165, 1.54) is 0 Å². The molecule has 2 rings (SSSR count). The summed E-state index contributed by atoms with van der Waals surface area (Å²) in [4.78, 5) is 0. The fraction of sp³-hybridized carbons (Fsp3) is 0.400. The summed E-state index contributed by atoms with van der Waals surface area (Å²) in [7, 11) is -1.87. The highest BCUT2D eigenvalue weighted by Crippen LogP contribution is 2.47. The van der Waals surface area contributed by atoms with Crippen molar-refractivity contribution in [1.82, 2.24) is 0 Å². The van der Waals surface area contributed by atoms with Gasteiger partial charge in [-0.3, -0.25) is 0 Å². The smallest absolute Gasteiger partial charge is 0.324 e. The molecule has 17 heavy (non-hydrogen) atoms. The summed E-state index contributed by atoms with van der Waals surface area (Å²) >= 11 is 0. The second-order valence-electron chi connectivity index (χ2n) is 3.55. The Kier molecular flexibility index (Phi) is 3.39. The van der Waals surface area contributed by atoms with Crippen LogP contribution in [0.4, 0.5) is 17.6 Å². The van der Waals surface area contributed by atoms with Crippen LogP contribution in [0.2, 0.25) is 0 Å². The summed E-state index contributed by atoms with van der Waals surface area (Å²) in [6.45, 7) is -2.67. The summed E-state index contributed by atoms with van der Waals surface area (Å²) in [5.41, 5.74) is 0. The fourth-order valence-electron chi connectivity index (χ4n) is 1.23. The third-order valence-corrected chi connectivity index (χ3v) is 3.68. The second kappa shape index (κ2) is 4.52. The Balaban J connectivity index is 2.16. The molecule has 1 fully saturated rings. The molecular formula is C10H9F4O2P. The molecule has 1 heterocycles. The van der Waals surface area contributed by atoms with Crippen molar-refractivity contribution in [2.24, 2.45) is 0 Å². The Morgan fingerprint density at radius 1 is 0.882 bits per heavy atom. The van der Waals surface area contributed by atoms with E-state index in [9.17, 15) is 17.6 Å². The van der Waals surface area contributed by atoms with Gasteiger partial charge in [0.1, 0.15) is 13.2 Å². The Bertz CT molecular complexity index is 367. The standard InChI is InChI=1S/C10H9F4O2P/c11-9(12)6-15-17(16-7-10(9,13)14)8-4-2-1-3-5-8/h1-5H,6-7H2. The van der Waals surface area contributed by atoms with E-state index in [0.29, 0.717) is 5.30 Å². The summed E-state index contributed by atoms with van der Waals surface area (Å²) in [6, 6.07) is 8.22. The van der Waals surface area contributed by atoms with Gasteiger partial charge in [0.25, 0.3) is 0 Å². The van der Waals surface area contributed by atoms with E-state index in [-0.39, 0.29) is 0 Å². The number of halogens is 4. The van der Waals surface area contributed by atoms with Crippen LogP contribution in [0.3, 0.4) is 0 Å². The molecule has 1 saturated heterocycles. The van der Waals surface area contributed by atoms with Crippen LogP contribution < -0.4 is 5.30 Å². The quantitative estimate of drug-likeness (QED) is 0.576. The molecule has 0 radical (unpaired) electrons. The monoisotopic (exact) mass is 268 g/mol. The van der Waals surface area contributed by atoms with Crippen molar-refractivity contribution in [3.63, 3.8) is 0 Å². The van der Waals surface area contributed by atoms with Crippen LogP contribution in [0.1, 0.15) is 0 Å². The Morgan fingerprint density at radius 3 is 1.82 bits per heavy atom. The van der Waals surface area contributed by atoms with Crippen LogP contribution in [0.25, 0.3) is 0 Å². The zero-order chi connectivity index (χ0) is 12.5. The van der Waals surface area contributed by atoms with E-state index >= 15 is 0 Å². The highest BCUT2D eigenvalue weighted by atomic mass is 31.2. The van der Waals surface area contributed by atoms with Gasteiger partial charge in [-0.1, -0.05) is 18.2 Å². The molecule has 0 unspecified atom stereocenters. The van der Waals surface area contributed by atoms with E-state index in [4.69, 9.17) is 9.05 Å². The molecule has 0 spiro atoms. The van der Waals surface area contributed by atoms with Crippen molar-refractivity contribution in [3.8, 4) is 0 Å². The summed E-state index contributed by atoms with van der Waals surface area (Å²) in [5, 5.41) is 0.496. The van der Waals surface area contributed by atoms with Crippen molar-refractivity contribution in [2.75, 3.05) is 13.2 Å². The SMILES string of the molecule is FC1(F)COP(c2ccccc2)OCC1(F)F. The average Bonchev–Trinajstić information content (AvgIpc) is 2.39. The van der Waals surface area contributed by atoms with E-state index in [2.05, 4.69) is 0 Å². The topological polar surface area (TPSA) is 18.5 Å². The molecule has 94 valence electrons. The maximum absolute atomic E-state index is 13.0. The normalized spacial score (nSPS) is 24.2. The van der Waals surface area contributed by atoms with Crippen molar-refractivity contribution >= 4 is 13.7 Å². The molecule has 0 saturated carbocycles. The molecule has 1 aromatic rings. The van der Waals surface area contributed by atoms with Gasteiger partial charge >= 0.3 is 11.8 Å². The lowest BCUT2D eigenvalue weighted by atomic mass is 10.2. The minimum Gasteiger partial charge on any atom is -0.324 e. The van der Waals surface area contributed by atoms with Gasteiger partial charge in [-0.15, -0.1) is 0 Å². The molecule has 1 aromatic carbocycles. The Labute approximate surface area is 96.4 Å². The summed E-state index contributed by atoms with van der Waals surface area (Å²) in [6.07, 6.45) is 0. The number of alkyl halides is 4. The van der Waals surface area contributed by atoms with Gasteiger partial charge in [0.2, 0.25) is 8.38 Å². The molecule has 1 aliphatic rings. The van der Waals surface area contributed by atoms with Crippen molar-refractivity contribution in [3.05, 3.63) is 30.3 Å². The molecule has 0 amide bonds. The lowest BCUT2D eigenvalue weighted by molar-refractivity contribution is -0.222. The van der Waals surface area contributed by atoms with Gasteiger partial charge in [-0.05, 0) is 12.1 Å². The second-order valence-corrected chi connectivity index (χ2v) is 5.10. The van der Waals surface area contributed by atoms with Gasteiger partial charge in [-0.25, -0.2) is 0 Å². The number of hydrogen-bond acceptors (Lipinski definition) is 2. The molecule has 0 aromatic heterocycles. The molecule has 0 N–H and O–H groups in total. The van der Waals surface area contributed by atoms with E-state index in [1.807, 2.05) is 0 Å². The third-order valence-electron chi connectivity index (χ3n) is 2.23. The molecule has 2 nitrogen and oxygen atoms in total. The van der Waals surface area contributed by atoms with Crippen LogP contribution in [0.15, 0.2) is 30.3 Å². The molecule has 7 heteroatoms. The van der Waals surface area contributed by atoms with Gasteiger partial charge in [-0.2, -0.15) is 17.6 Å². The largest absolute Gasteiger partial charge is 0.335 e. The highest BCUT2D eigenvalue weighted by molar-refractivity contribution is 7.56. The van der Waals surface area contributed by atoms with Crippen LogP contribution in [0, 0.1) is 0 Å². The minimum atomic E-state index is -4.20. The van der Waals surface area contributed by atoms with Crippen LogP contribution in [0.5, 0.6) is 0 Å². The molecule has 0 aliphatic carbocycles. The summed E-state index contributed by atoms with van der Waals surface area (Å²) < 4.78 is 61.5. The minimum absolute atomic E-state index is 0.496.